The topological polar surface area (TPSA) is 97.8 Å². The summed E-state index contributed by atoms with van der Waals surface area (Å²) in [5.41, 5.74) is 1.12. The zero-order chi connectivity index (χ0) is 19.9. The Balaban J connectivity index is 2.06. The van der Waals surface area contributed by atoms with Gasteiger partial charge in [-0.25, -0.2) is 8.42 Å². The number of nitrogens with zero attached hydrogens (tertiary/aromatic N) is 2. The molecule has 1 heterocycles. The van der Waals surface area contributed by atoms with Crippen molar-refractivity contribution in [1.29, 1.82) is 0 Å². The van der Waals surface area contributed by atoms with Gasteiger partial charge in [-0.1, -0.05) is 6.07 Å². The number of aromatic nitrogens is 1. The minimum Gasteiger partial charge on any atom is -0.493 e. The van der Waals surface area contributed by atoms with Crippen LogP contribution in [0.3, 0.4) is 0 Å². The predicted octanol–water partition coefficient (Wildman–Crippen LogP) is 1.57. The van der Waals surface area contributed by atoms with Gasteiger partial charge in [-0.2, -0.15) is 0 Å². The van der Waals surface area contributed by atoms with Crippen molar-refractivity contribution in [1.82, 2.24) is 10.3 Å². The Bertz CT molecular complexity index is 872. The lowest BCUT2D eigenvalue weighted by Crippen LogP contribution is -2.34. The molecule has 0 saturated heterocycles. The van der Waals surface area contributed by atoms with Gasteiger partial charge in [0, 0.05) is 25.2 Å². The van der Waals surface area contributed by atoms with Crippen LogP contribution < -0.4 is 19.1 Å². The van der Waals surface area contributed by atoms with Gasteiger partial charge in [-0.15, -0.1) is 0 Å². The molecule has 0 aliphatic rings. The maximum Gasteiger partial charge on any atom is 0.232 e. The van der Waals surface area contributed by atoms with Crippen molar-refractivity contribution in [2.24, 2.45) is 0 Å². The molecule has 27 heavy (non-hydrogen) atoms. The maximum absolute atomic E-state index is 12.2. The van der Waals surface area contributed by atoms with Gasteiger partial charge in [-0.3, -0.25) is 14.1 Å². The molecule has 0 radical (unpaired) electrons. The van der Waals surface area contributed by atoms with E-state index in [0.29, 0.717) is 17.2 Å². The van der Waals surface area contributed by atoms with E-state index in [2.05, 4.69) is 10.3 Å². The molecule has 9 heteroatoms. The highest BCUT2D eigenvalue weighted by atomic mass is 32.2. The molecule has 0 saturated carbocycles. The van der Waals surface area contributed by atoms with Crippen LogP contribution in [0.4, 0.5) is 5.69 Å². The van der Waals surface area contributed by atoms with E-state index < -0.39 is 10.0 Å². The van der Waals surface area contributed by atoms with Gasteiger partial charge < -0.3 is 14.8 Å². The van der Waals surface area contributed by atoms with E-state index >= 15 is 0 Å². The van der Waals surface area contributed by atoms with Crippen LogP contribution in [0.15, 0.2) is 42.6 Å². The van der Waals surface area contributed by atoms with Crippen molar-refractivity contribution < 1.29 is 22.7 Å². The van der Waals surface area contributed by atoms with Crippen LogP contribution in [0.1, 0.15) is 12.1 Å². The summed E-state index contributed by atoms with van der Waals surface area (Å²) >= 11 is 0. The third kappa shape index (κ3) is 5.85. The van der Waals surface area contributed by atoms with Gasteiger partial charge >= 0.3 is 0 Å². The Hall–Kier alpha value is -2.81. The van der Waals surface area contributed by atoms with Crippen LogP contribution in [0.25, 0.3) is 0 Å². The molecular weight excluding hydrogens is 370 g/mol. The Kier molecular flexibility index (Phi) is 7.00. The fraction of sp³-hybridized carbons (Fsp3) is 0.333. The molecule has 0 aliphatic carbocycles. The second kappa shape index (κ2) is 9.22. The lowest BCUT2D eigenvalue weighted by molar-refractivity contribution is -0.121. The van der Waals surface area contributed by atoms with Gasteiger partial charge in [0.05, 0.1) is 38.4 Å². The standard InChI is InChI=1S/C18H23N3O5S/c1-25-16-8-7-15(12-17(16)26-2)21(27(3,23)24)11-9-18(22)20-13-14-6-4-5-10-19-14/h4-8,10,12H,9,11,13H2,1-3H3,(H,20,22). The summed E-state index contributed by atoms with van der Waals surface area (Å²) in [6, 6.07) is 10.2. The van der Waals surface area contributed by atoms with Crippen LogP contribution >= 0.6 is 0 Å². The van der Waals surface area contributed by atoms with Crippen LogP contribution in [-0.4, -0.2) is 46.3 Å². The zero-order valence-electron chi connectivity index (χ0n) is 15.5. The number of carbonyl (C=O) groups is 1. The maximum atomic E-state index is 12.2. The normalized spacial score (nSPS) is 10.9. The first-order valence-corrected chi connectivity index (χ1v) is 10.1. The van der Waals surface area contributed by atoms with Crippen LogP contribution in [0, 0.1) is 0 Å². The number of amides is 1. The number of hydrogen-bond acceptors (Lipinski definition) is 6. The Morgan fingerprint density at radius 2 is 1.89 bits per heavy atom. The Labute approximate surface area is 159 Å². The molecule has 8 nitrogen and oxygen atoms in total. The van der Waals surface area contributed by atoms with Crippen molar-refractivity contribution in [3.8, 4) is 11.5 Å². The number of anilines is 1. The molecule has 146 valence electrons. The summed E-state index contributed by atoms with van der Waals surface area (Å²) in [4.78, 5) is 16.2. The lowest BCUT2D eigenvalue weighted by Gasteiger charge is -2.23. The van der Waals surface area contributed by atoms with E-state index in [1.165, 1.54) is 14.2 Å². The van der Waals surface area contributed by atoms with E-state index in [1.807, 2.05) is 6.07 Å². The second-order valence-electron chi connectivity index (χ2n) is 5.72. The number of sulfonamides is 1. The third-order valence-corrected chi connectivity index (χ3v) is 4.98. The molecule has 1 aromatic carbocycles. The monoisotopic (exact) mass is 393 g/mol. The van der Waals surface area contributed by atoms with Crippen molar-refractivity contribution >= 4 is 21.6 Å². The predicted molar refractivity (Wildman–Crippen MR) is 102 cm³/mol. The summed E-state index contributed by atoms with van der Waals surface area (Å²) in [5, 5.41) is 2.73. The molecule has 0 spiro atoms. The smallest absolute Gasteiger partial charge is 0.232 e. The van der Waals surface area contributed by atoms with Crippen molar-refractivity contribution in [2.75, 3.05) is 31.3 Å². The molecule has 1 N–H and O–H groups in total. The number of hydrogen-bond donors (Lipinski definition) is 1. The van der Waals surface area contributed by atoms with Gasteiger partial charge in [-0.05, 0) is 24.3 Å². The van der Waals surface area contributed by atoms with Crippen molar-refractivity contribution in [2.45, 2.75) is 13.0 Å². The van der Waals surface area contributed by atoms with E-state index in [-0.39, 0.29) is 25.4 Å². The van der Waals surface area contributed by atoms with Crippen LogP contribution in [-0.2, 0) is 21.4 Å². The highest BCUT2D eigenvalue weighted by Gasteiger charge is 2.20. The number of rotatable bonds is 9. The summed E-state index contributed by atoms with van der Waals surface area (Å²) < 4.78 is 35.9. The molecule has 2 rings (SSSR count). The summed E-state index contributed by atoms with van der Waals surface area (Å²) in [6.07, 6.45) is 2.74. The SMILES string of the molecule is COc1ccc(N(CCC(=O)NCc2ccccn2)S(C)(=O)=O)cc1OC. The van der Waals surface area contributed by atoms with E-state index in [9.17, 15) is 13.2 Å². The fourth-order valence-corrected chi connectivity index (χ4v) is 3.37. The van der Waals surface area contributed by atoms with Gasteiger partial charge in [0.15, 0.2) is 11.5 Å². The van der Waals surface area contributed by atoms with Crippen molar-refractivity contribution in [3.63, 3.8) is 0 Å². The quantitative estimate of drug-likeness (QED) is 0.694. The first-order valence-electron chi connectivity index (χ1n) is 8.21. The van der Waals surface area contributed by atoms with Crippen LogP contribution in [0.2, 0.25) is 0 Å². The first-order chi connectivity index (χ1) is 12.8. The van der Waals surface area contributed by atoms with Gasteiger partial charge in [0.25, 0.3) is 0 Å². The summed E-state index contributed by atoms with van der Waals surface area (Å²) in [6.45, 7) is 0.289. The molecule has 2 aromatic rings. The Morgan fingerprint density at radius 3 is 2.48 bits per heavy atom. The molecule has 1 amide bonds. The number of ether oxygens (including phenoxy) is 2. The number of carbonyl (C=O) groups excluding carboxylic acids is 1. The number of nitrogens with one attached hydrogen (secondary N) is 1. The molecular formula is C18H23N3O5S. The lowest BCUT2D eigenvalue weighted by atomic mass is 10.2. The van der Waals surface area contributed by atoms with Crippen molar-refractivity contribution in [3.05, 3.63) is 48.3 Å². The molecule has 0 fully saturated rings. The highest BCUT2D eigenvalue weighted by molar-refractivity contribution is 7.92. The summed E-state index contributed by atoms with van der Waals surface area (Å²) in [7, 11) is -0.613. The summed E-state index contributed by atoms with van der Waals surface area (Å²) in [5.74, 6) is 0.626. The van der Waals surface area contributed by atoms with Gasteiger partial charge in [0.1, 0.15) is 0 Å². The third-order valence-electron chi connectivity index (χ3n) is 3.79. The van der Waals surface area contributed by atoms with E-state index in [4.69, 9.17) is 9.47 Å². The van der Waals surface area contributed by atoms with E-state index in [1.54, 1.807) is 36.5 Å². The molecule has 0 bridgehead atoms. The number of pyridine rings is 1. The zero-order valence-corrected chi connectivity index (χ0v) is 16.3. The minimum absolute atomic E-state index is 0.00235. The molecule has 0 unspecified atom stereocenters. The number of methoxy groups -OCH3 is 2. The highest BCUT2D eigenvalue weighted by Crippen LogP contribution is 2.32. The van der Waals surface area contributed by atoms with Gasteiger partial charge in [0.2, 0.25) is 15.9 Å². The molecule has 0 aliphatic heterocycles. The molecule has 0 atom stereocenters. The first kappa shape index (κ1) is 20.5. The largest absolute Gasteiger partial charge is 0.493 e. The second-order valence-corrected chi connectivity index (χ2v) is 7.63. The Morgan fingerprint density at radius 1 is 1.15 bits per heavy atom. The average molecular weight is 393 g/mol. The molecule has 1 aromatic heterocycles. The fourth-order valence-electron chi connectivity index (χ4n) is 2.45. The average Bonchev–Trinajstić information content (AvgIpc) is 2.66. The minimum atomic E-state index is -3.58. The van der Waals surface area contributed by atoms with E-state index in [0.717, 1.165) is 16.3 Å². The number of benzene rings is 1. The van der Waals surface area contributed by atoms with Crippen LogP contribution in [0.5, 0.6) is 11.5 Å².